The zero-order valence-electron chi connectivity index (χ0n) is 13.3. The molecule has 0 unspecified atom stereocenters. The van der Waals surface area contributed by atoms with Crippen LogP contribution in [0.15, 0.2) is 70.1 Å². The van der Waals surface area contributed by atoms with Crippen LogP contribution in [0.2, 0.25) is 0 Å². The maximum absolute atomic E-state index is 13.2. The third kappa shape index (κ3) is 2.55. The van der Waals surface area contributed by atoms with Gasteiger partial charge in [-0.3, -0.25) is 0 Å². The van der Waals surface area contributed by atoms with Crippen molar-refractivity contribution in [1.82, 2.24) is 4.31 Å². The molecule has 124 valence electrons. The van der Waals surface area contributed by atoms with E-state index in [-0.39, 0.29) is 12.0 Å². The van der Waals surface area contributed by atoms with Gasteiger partial charge in [0.2, 0.25) is 10.0 Å². The lowest BCUT2D eigenvalue weighted by atomic mass is 9.79. The van der Waals surface area contributed by atoms with Crippen molar-refractivity contribution < 1.29 is 8.42 Å². The normalized spacial score (nSPS) is 26.2. The Morgan fingerprint density at radius 2 is 1.67 bits per heavy atom. The van der Waals surface area contributed by atoms with E-state index in [9.17, 15) is 8.42 Å². The van der Waals surface area contributed by atoms with Crippen molar-refractivity contribution in [2.45, 2.75) is 17.9 Å². The lowest BCUT2D eigenvalue weighted by Crippen LogP contribution is -2.32. The lowest BCUT2D eigenvalue weighted by molar-refractivity contribution is 0.366. The number of sulfonamides is 1. The number of aryl methyl sites for hydroxylation is 1. The molecule has 1 fully saturated rings. The van der Waals surface area contributed by atoms with Crippen LogP contribution in [0.3, 0.4) is 0 Å². The van der Waals surface area contributed by atoms with Gasteiger partial charge in [0.25, 0.3) is 0 Å². The molecular formula is C19H18BrNO2S. The van der Waals surface area contributed by atoms with Gasteiger partial charge in [0.05, 0.1) is 10.9 Å². The van der Waals surface area contributed by atoms with Crippen LogP contribution in [0.25, 0.3) is 0 Å². The molecule has 2 aromatic carbocycles. The van der Waals surface area contributed by atoms with Crippen molar-refractivity contribution in [3.05, 3.63) is 76.3 Å². The number of benzene rings is 2. The van der Waals surface area contributed by atoms with Gasteiger partial charge in [-0.15, -0.1) is 0 Å². The van der Waals surface area contributed by atoms with Crippen LogP contribution >= 0.6 is 15.9 Å². The zero-order valence-corrected chi connectivity index (χ0v) is 15.7. The van der Waals surface area contributed by atoms with Crippen molar-refractivity contribution in [3.63, 3.8) is 0 Å². The minimum Gasteiger partial charge on any atom is -0.207 e. The first kappa shape index (κ1) is 16.1. The monoisotopic (exact) mass is 403 g/mol. The van der Waals surface area contributed by atoms with E-state index < -0.39 is 10.0 Å². The molecule has 1 heterocycles. The fraction of sp³-hybridized carbons (Fsp3) is 0.263. The number of hydrogen-bond donors (Lipinski definition) is 0. The Hall–Kier alpha value is -1.43. The van der Waals surface area contributed by atoms with Gasteiger partial charge in [0.15, 0.2) is 0 Å². The smallest absolute Gasteiger partial charge is 0.207 e. The molecule has 2 aliphatic rings. The summed E-state index contributed by atoms with van der Waals surface area (Å²) < 4.78 is 29.1. The molecule has 4 rings (SSSR count). The van der Waals surface area contributed by atoms with E-state index in [0.29, 0.717) is 17.4 Å². The van der Waals surface area contributed by atoms with E-state index in [4.69, 9.17) is 0 Å². The fourth-order valence-corrected chi connectivity index (χ4v) is 5.52. The van der Waals surface area contributed by atoms with Crippen molar-refractivity contribution in [3.8, 4) is 0 Å². The highest BCUT2D eigenvalue weighted by Gasteiger charge is 2.48. The molecule has 0 radical (unpaired) electrons. The van der Waals surface area contributed by atoms with Gasteiger partial charge in [-0.1, -0.05) is 57.9 Å². The molecule has 3 atom stereocenters. The molecular weight excluding hydrogens is 386 g/mol. The quantitative estimate of drug-likeness (QED) is 0.716. The highest BCUT2D eigenvalue weighted by Crippen LogP contribution is 2.49. The molecule has 3 nitrogen and oxygen atoms in total. The standard InChI is InChI=1S/C19H18BrNO2S/c1-13-2-9-17(10-3-13)24(22,23)21-12-15-6-11-18(15)19(21)14-4-7-16(20)8-5-14/h2-11,15,18-19H,12H2,1H3/t15-,18-,19+/m0/s1. The zero-order chi connectivity index (χ0) is 16.9. The number of fused-ring (bicyclic) bond motifs is 1. The first-order chi connectivity index (χ1) is 11.5. The molecule has 0 spiro atoms. The van der Waals surface area contributed by atoms with E-state index in [1.165, 1.54) is 0 Å². The Morgan fingerprint density at radius 3 is 2.25 bits per heavy atom. The number of hydrogen-bond acceptors (Lipinski definition) is 2. The first-order valence-electron chi connectivity index (χ1n) is 7.99. The van der Waals surface area contributed by atoms with Gasteiger partial charge in [-0.25, -0.2) is 8.42 Å². The van der Waals surface area contributed by atoms with Gasteiger partial charge in [0, 0.05) is 16.9 Å². The second-order valence-corrected chi connectivity index (χ2v) is 9.32. The van der Waals surface area contributed by atoms with E-state index in [1.54, 1.807) is 16.4 Å². The molecule has 0 saturated carbocycles. The second kappa shape index (κ2) is 5.83. The largest absolute Gasteiger partial charge is 0.243 e. The Morgan fingerprint density at radius 1 is 1.00 bits per heavy atom. The minimum absolute atomic E-state index is 0.126. The first-order valence-corrected chi connectivity index (χ1v) is 10.2. The Bertz CT molecular complexity index is 888. The van der Waals surface area contributed by atoms with Gasteiger partial charge < -0.3 is 0 Å². The molecule has 0 N–H and O–H groups in total. The Kier molecular flexibility index (Phi) is 3.90. The minimum atomic E-state index is -3.51. The molecule has 5 heteroatoms. The molecule has 0 aromatic heterocycles. The van der Waals surface area contributed by atoms with Crippen LogP contribution in [-0.4, -0.2) is 19.3 Å². The van der Waals surface area contributed by atoms with Crippen molar-refractivity contribution in [2.75, 3.05) is 6.54 Å². The molecule has 2 aromatic rings. The Balaban J connectivity index is 1.75. The SMILES string of the molecule is Cc1ccc(S(=O)(=O)N2C[C@@H]3C=C[C@@H]3[C@H]2c2ccc(Br)cc2)cc1. The summed E-state index contributed by atoms with van der Waals surface area (Å²) in [5, 5.41) is 0. The summed E-state index contributed by atoms with van der Waals surface area (Å²) in [6, 6.07) is 15.0. The van der Waals surface area contributed by atoms with Crippen LogP contribution in [0.1, 0.15) is 17.2 Å². The summed E-state index contributed by atoms with van der Waals surface area (Å²) in [6.45, 7) is 2.51. The fourth-order valence-electron chi connectivity index (χ4n) is 3.57. The van der Waals surface area contributed by atoms with Gasteiger partial charge in [-0.05, 0) is 42.7 Å². The summed E-state index contributed by atoms with van der Waals surface area (Å²) >= 11 is 3.45. The van der Waals surface area contributed by atoms with Crippen LogP contribution in [0, 0.1) is 18.8 Å². The lowest BCUT2D eigenvalue weighted by Gasteiger charge is -2.29. The van der Waals surface area contributed by atoms with Crippen LogP contribution < -0.4 is 0 Å². The van der Waals surface area contributed by atoms with Crippen LogP contribution in [-0.2, 0) is 10.0 Å². The van der Waals surface area contributed by atoms with Gasteiger partial charge in [0.1, 0.15) is 0 Å². The second-order valence-electron chi connectivity index (χ2n) is 6.51. The van der Waals surface area contributed by atoms with Crippen LogP contribution in [0.4, 0.5) is 0 Å². The molecule has 0 amide bonds. The summed E-state index contributed by atoms with van der Waals surface area (Å²) in [5.41, 5.74) is 2.10. The van der Waals surface area contributed by atoms with Crippen LogP contribution in [0.5, 0.6) is 0 Å². The number of nitrogens with zero attached hydrogens (tertiary/aromatic N) is 1. The van der Waals surface area contributed by atoms with E-state index in [1.807, 2.05) is 43.3 Å². The summed E-state index contributed by atoms with van der Waals surface area (Å²) in [4.78, 5) is 0.372. The number of rotatable bonds is 3. The topological polar surface area (TPSA) is 37.4 Å². The average molecular weight is 404 g/mol. The van der Waals surface area contributed by atoms with Gasteiger partial charge >= 0.3 is 0 Å². The summed E-state index contributed by atoms with van der Waals surface area (Å²) in [7, 11) is -3.51. The third-order valence-electron chi connectivity index (χ3n) is 4.98. The van der Waals surface area contributed by atoms with E-state index in [0.717, 1.165) is 15.6 Å². The molecule has 24 heavy (non-hydrogen) atoms. The maximum Gasteiger partial charge on any atom is 0.243 e. The molecule has 1 aliphatic heterocycles. The average Bonchev–Trinajstić information content (AvgIpc) is 2.80. The summed E-state index contributed by atoms with van der Waals surface area (Å²) in [5.74, 6) is 0.588. The predicted molar refractivity (Wildman–Crippen MR) is 98.1 cm³/mol. The highest BCUT2D eigenvalue weighted by molar-refractivity contribution is 9.10. The predicted octanol–water partition coefficient (Wildman–Crippen LogP) is 4.31. The number of halogens is 1. The molecule has 1 saturated heterocycles. The highest BCUT2D eigenvalue weighted by atomic mass is 79.9. The van der Waals surface area contributed by atoms with E-state index in [2.05, 4.69) is 28.1 Å². The third-order valence-corrected chi connectivity index (χ3v) is 7.37. The van der Waals surface area contributed by atoms with Crippen molar-refractivity contribution in [2.24, 2.45) is 11.8 Å². The van der Waals surface area contributed by atoms with Crippen molar-refractivity contribution in [1.29, 1.82) is 0 Å². The maximum atomic E-state index is 13.2. The molecule has 1 aliphatic carbocycles. The summed E-state index contributed by atoms with van der Waals surface area (Å²) in [6.07, 6.45) is 4.27. The van der Waals surface area contributed by atoms with Gasteiger partial charge in [-0.2, -0.15) is 4.31 Å². The van der Waals surface area contributed by atoms with E-state index >= 15 is 0 Å². The molecule has 0 bridgehead atoms. The van der Waals surface area contributed by atoms with Crippen molar-refractivity contribution >= 4 is 26.0 Å². The Labute approximate surface area is 151 Å².